The van der Waals surface area contributed by atoms with E-state index < -0.39 is 50.3 Å². The lowest BCUT2D eigenvalue weighted by Crippen LogP contribution is -2.66. The fraction of sp³-hybridized carbons (Fsp3) is 0.759. The molecule has 2 atom stereocenters. The van der Waals surface area contributed by atoms with Crippen LogP contribution < -0.4 is 11.5 Å². The summed E-state index contributed by atoms with van der Waals surface area (Å²) < 4.78 is 24.5. The average molecular weight is 619 g/mol. The van der Waals surface area contributed by atoms with Crippen molar-refractivity contribution >= 4 is 39.6 Å². The minimum absolute atomic E-state index is 0.00452. The molecule has 3 saturated heterocycles. The van der Waals surface area contributed by atoms with Crippen LogP contribution in [0.1, 0.15) is 77.6 Å². The highest BCUT2D eigenvalue weighted by Crippen LogP contribution is 2.61. The zero-order valence-corrected chi connectivity index (χ0v) is 25.7. The molecule has 4 N–H and O–H groups in total. The van der Waals surface area contributed by atoms with Gasteiger partial charge in [-0.3, -0.25) is 29.1 Å². The lowest BCUT2D eigenvalue weighted by atomic mass is 9.51. The van der Waals surface area contributed by atoms with Crippen LogP contribution in [0.25, 0.3) is 0 Å². The third-order valence-corrected chi connectivity index (χ3v) is 13.5. The maximum atomic E-state index is 13.5. The summed E-state index contributed by atoms with van der Waals surface area (Å²) in [6.07, 6.45) is 7.14. The summed E-state index contributed by atoms with van der Waals surface area (Å²) in [5.41, 5.74) is 10.0. The van der Waals surface area contributed by atoms with Crippen LogP contribution in [0, 0.1) is 17.3 Å². The van der Waals surface area contributed by atoms with Crippen LogP contribution in [-0.4, -0.2) is 101 Å². The van der Waals surface area contributed by atoms with Gasteiger partial charge >= 0.3 is 12.1 Å². The second-order valence-electron chi connectivity index (χ2n) is 13.9. The number of amides is 7. The Hall–Kier alpha value is -3.16. The van der Waals surface area contributed by atoms with Gasteiger partial charge in [0.25, 0.3) is 17.7 Å². The van der Waals surface area contributed by atoms with Gasteiger partial charge in [-0.1, -0.05) is 6.42 Å². The lowest BCUT2D eigenvalue weighted by Gasteiger charge is -2.59. The molecule has 3 aliphatic carbocycles. The fourth-order valence-electron chi connectivity index (χ4n) is 8.49. The van der Waals surface area contributed by atoms with Crippen molar-refractivity contribution in [2.24, 2.45) is 28.7 Å². The van der Waals surface area contributed by atoms with Crippen molar-refractivity contribution in [3.63, 3.8) is 0 Å². The number of imide groups is 3. The van der Waals surface area contributed by atoms with Crippen LogP contribution in [0.2, 0.25) is 0 Å². The minimum Gasteiger partial charge on any atom is -0.385 e. The molecular weight excluding hydrogens is 576 g/mol. The molecule has 3 heterocycles. The molecule has 6 aliphatic rings. The molecule has 6 rings (SSSR count). The third-order valence-electron chi connectivity index (χ3n) is 11.3. The number of carbonyl (C=O) groups excluding carboxylic acids is 5. The van der Waals surface area contributed by atoms with Gasteiger partial charge in [0, 0.05) is 26.2 Å². The monoisotopic (exact) mass is 618 g/mol. The summed E-state index contributed by atoms with van der Waals surface area (Å²) in [6.45, 7) is 2.30. The molecule has 43 heavy (non-hydrogen) atoms. The Kier molecular flexibility index (Phi) is 7.09. The Labute approximate surface area is 251 Å². The molecule has 3 saturated carbocycles. The molecule has 0 unspecified atom stereocenters. The summed E-state index contributed by atoms with van der Waals surface area (Å²) in [5, 5.41) is -0.471. The van der Waals surface area contributed by atoms with Crippen LogP contribution in [0.4, 0.5) is 9.59 Å². The summed E-state index contributed by atoms with van der Waals surface area (Å²) in [6, 6.07) is -1.39. The highest BCUT2D eigenvalue weighted by atomic mass is 32.2. The second kappa shape index (κ2) is 10.2. The van der Waals surface area contributed by atoms with Gasteiger partial charge < -0.3 is 16.4 Å². The second-order valence-corrected chi connectivity index (χ2v) is 16.5. The van der Waals surface area contributed by atoms with Crippen LogP contribution in [0.15, 0.2) is 11.4 Å². The van der Waals surface area contributed by atoms with Gasteiger partial charge in [0.15, 0.2) is 9.84 Å². The first kappa shape index (κ1) is 29.9. The predicted octanol–water partition coefficient (Wildman–Crippen LogP) is 1.28. The van der Waals surface area contributed by atoms with Crippen molar-refractivity contribution in [2.75, 3.05) is 25.9 Å². The largest absolute Gasteiger partial charge is 0.385 e. The molecule has 6 fully saturated rings. The molecule has 0 bridgehead atoms. The van der Waals surface area contributed by atoms with Crippen molar-refractivity contribution in [3.8, 4) is 0 Å². The highest BCUT2D eigenvalue weighted by Gasteiger charge is 2.68. The Balaban J connectivity index is 1.15. The topological polar surface area (TPSA) is 184 Å². The predicted molar refractivity (Wildman–Crippen MR) is 154 cm³/mol. The van der Waals surface area contributed by atoms with E-state index in [1.54, 1.807) is 11.8 Å². The first-order valence-corrected chi connectivity index (χ1v) is 17.2. The number of rotatable bonds is 5. The van der Waals surface area contributed by atoms with E-state index >= 15 is 0 Å². The van der Waals surface area contributed by atoms with Gasteiger partial charge in [-0.15, -0.1) is 0 Å². The maximum Gasteiger partial charge on any atom is 0.334 e. The number of nitrogens with zero attached hydrogens (tertiary/aromatic N) is 4. The third kappa shape index (κ3) is 4.62. The maximum absolute atomic E-state index is 13.5. The number of sulfone groups is 1. The number of hydrogen-bond donors (Lipinski definition) is 2. The van der Waals surface area contributed by atoms with Crippen molar-refractivity contribution in [3.05, 3.63) is 11.4 Å². The Morgan fingerprint density at radius 3 is 2.09 bits per heavy atom. The molecule has 14 heteroatoms. The minimum atomic E-state index is -3.12. The molecule has 3 aliphatic heterocycles. The highest BCUT2D eigenvalue weighted by molar-refractivity contribution is 7.92. The van der Waals surface area contributed by atoms with Crippen LogP contribution in [0.5, 0.6) is 0 Å². The van der Waals surface area contributed by atoms with Gasteiger partial charge in [0.1, 0.15) is 16.9 Å². The van der Waals surface area contributed by atoms with E-state index in [0.717, 1.165) is 24.2 Å². The molecule has 0 aromatic rings. The van der Waals surface area contributed by atoms with Gasteiger partial charge in [-0.25, -0.2) is 18.0 Å². The number of urea groups is 2. The van der Waals surface area contributed by atoms with Crippen molar-refractivity contribution in [1.29, 1.82) is 0 Å². The zero-order chi connectivity index (χ0) is 31.1. The Morgan fingerprint density at radius 1 is 0.884 bits per heavy atom. The van der Waals surface area contributed by atoms with Crippen LogP contribution in [-0.2, 0) is 24.2 Å². The molecule has 0 radical (unpaired) electrons. The van der Waals surface area contributed by atoms with Crippen molar-refractivity contribution < 1.29 is 32.4 Å². The summed E-state index contributed by atoms with van der Waals surface area (Å²) >= 11 is 0. The standard InChI is InChI=1S/C29H42N6O7S/c1-17-12-19(8-11-43(17,41)42)14-34-26(39)32(2)25(38)29(34)15-28(16-29)9-6-20(7-10-28)35-24(37)21(22(30)31)23(36)33(27(35)40)13-18-4-3-5-18/h17-20H,3-16,30-31H2,1-2H3/t17-,19-,20?,28?,29?/m1/s1. The first-order chi connectivity index (χ1) is 20.2. The van der Waals surface area contributed by atoms with E-state index in [0.29, 0.717) is 57.9 Å². The van der Waals surface area contributed by atoms with E-state index in [9.17, 15) is 32.4 Å². The van der Waals surface area contributed by atoms with E-state index in [-0.39, 0.29) is 47.1 Å². The number of nitrogens with two attached hydrogens (primary N) is 2. The molecular formula is C29H42N6O7S. The Bertz CT molecular complexity index is 1400. The van der Waals surface area contributed by atoms with Crippen LogP contribution >= 0.6 is 0 Å². The van der Waals surface area contributed by atoms with Gasteiger partial charge in [-0.2, -0.15) is 0 Å². The number of hydrogen-bond acceptors (Lipinski definition) is 9. The molecule has 7 amide bonds. The van der Waals surface area contributed by atoms with E-state index in [1.165, 1.54) is 16.8 Å². The molecule has 0 aromatic heterocycles. The number of carbonyl (C=O) groups is 5. The van der Waals surface area contributed by atoms with Gasteiger partial charge in [-0.05, 0) is 88.4 Å². The summed E-state index contributed by atoms with van der Waals surface area (Å²) in [5.74, 6) is -1.79. The van der Waals surface area contributed by atoms with Crippen molar-refractivity contribution in [1.82, 2.24) is 19.6 Å². The van der Waals surface area contributed by atoms with Gasteiger partial charge in [0.2, 0.25) is 0 Å². The van der Waals surface area contributed by atoms with Gasteiger partial charge in [0.05, 0.1) is 11.0 Å². The Morgan fingerprint density at radius 2 is 1.53 bits per heavy atom. The smallest absolute Gasteiger partial charge is 0.334 e. The molecule has 2 spiro atoms. The SMILES string of the molecule is C[C@@H]1C[C@H](CN2C(=O)N(C)C(=O)C23CC2(CCC(N4C(=O)C(=C(N)N)C(=O)N(CC5CCC5)C4=O)CC2)C3)CCS1(=O)=O. The van der Waals surface area contributed by atoms with E-state index in [4.69, 9.17) is 11.5 Å². The quantitative estimate of drug-likeness (QED) is 0.260. The van der Waals surface area contributed by atoms with Crippen LogP contribution in [0.3, 0.4) is 0 Å². The molecule has 0 aromatic carbocycles. The zero-order valence-electron chi connectivity index (χ0n) is 24.9. The summed E-state index contributed by atoms with van der Waals surface area (Å²) in [7, 11) is -1.62. The van der Waals surface area contributed by atoms with Crippen molar-refractivity contribution in [2.45, 2.75) is 94.4 Å². The van der Waals surface area contributed by atoms with E-state index in [1.807, 2.05) is 0 Å². The normalized spacial score (nSPS) is 30.8. The van der Waals surface area contributed by atoms with E-state index in [2.05, 4.69) is 0 Å². The summed E-state index contributed by atoms with van der Waals surface area (Å²) in [4.78, 5) is 71.8. The molecule has 236 valence electrons. The fourth-order valence-corrected chi connectivity index (χ4v) is 10.1. The number of likely N-dealkylation sites (N-methyl/N-ethyl adjacent to an activating group) is 1. The average Bonchev–Trinajstić information content (AvgIpc) is 3.07. The molecule has 13 nitrogen and oxygen atoms in total. The number of barbiturate groups is 1. The first-order valence-electron chi connectivity index (χ1n) is 15.5. The lowest BCUT2D eigenvalue weighted by molar-refractivity contribution is -0.151.